The average molecular weight is 386 g/mol. The van der Waals surface area contributed by atoms with Crippen molar-refractivity contribution in [2.45, 2.75) is 13.3 Å². The van der Waals surface area contributed by atoms with Crippen LogP contribution in [0.4, 0.5) is 17.2 Å². The second kappa shape index (κ2) is 8.21. The van der Waals surface area contributed by atoms with Gasteiger partial charge in [0.2, 0.25) is 5.91 Å². The number of benzene rings is 2. The number of aromatic nitrogens is 1. The van der Waals surface area contributed by atoms with Crippen LogP contribution in [-0.4, -0.2) is 10.9 Å². The van der Waals surface area contributed by atoms with Crippen LogP contribution in [0.5, 0.6) is 0 Å². The average Bonchev–Trinajstić information content (AvgIpc) is 2.62. The minimum absolute atomic E-state index is 0.111. The summed E-state index contributed by atoms with van der Waals surface area (Å²) >= 11 is 12.0. The summed E-state index contributed by atoms with van der Waals surface area (Å²) in [6.07, 6.45) is 1.89. The van der Waals surface area contributed by atoms with Crippen LogP contribution >= 0.6 is 23.2 Å². The Morgan fingerprint density at radius 3 is 2.38 bits per heavy atom. The van der Waals surface area contributed by atoms with E-state index in [1.165, 1.54) is 0 Å². The molecule has 0 aliphatic carbocycles. The van der Waals surface area contributed by atoms with Gasteiger partial charge in [0.25, 0.3) is 0 Å². The Balaban J connectivity index is 1.59. The number of halogens is 2. The summed E-state index contributed by atoms with van der Waals surface area (Å²) in [7, 11) is 0. The minimum Gasteiger partial charge on any atom is -0.340 e. The highest BCUT2D eigenvalue weighted by molar-refractivity contribution is 6.31. The fourth-order valence-corrected chi connectivity index (χ4v) is 2.66. The Morgan fingerprint density at radius 1 is 1.00 bits per heavy atom. The maximum Gasteiger partial charge on any atom is 0.228 e. The van der Waals surface area contributed by atoms with Crippen LogP contribution in [0.2, 0.25) is 10.0 Å². The zero-order valence-corrected chi connectivity index (χ0v) is 15.6. The Hall–Kier alpha value is -2.56. The third kappa shape index (κ3) is 4.97. The molecule has 0 aliphatic rings. The predicted molar refractivity (Wildman–Crippen MR) is 107 cm³/mol. The van der Waals surface area contributed by atoms with E-state index in [4.69, 9.17) is 23.2 Å². The number of rotatable bonds is 5. The summed E-state index contributed by atoms with van der Waals surface area (Å²) < 4.78 is 0. The summed E-state index contributed by atoms with van der Waals surface area (Å²) in [6.45, 7) is 1.95. The van der Waals surface area contributed by atoms with Crippen molar-refractivity contribution >= 4 is 46.3 Å². The van der Waals surface area contributed by atoms with Crippen LogP contribution in [0.25, 0.3) is 0 Å². The SMILES string of the molecule is Cc1ccc(Nc2ccc(NC(=O)Cc3ccc(Cl)cc3)cn2)cc1Cl. The standard InChI is InChI=1S/C20H17Cl2N3O/c1-13-2-7-16(11-18(13)22)24-19-9-8-17(12-23-19)25-20(26)10-14-3-5-15(21)6-4-14/h2-9,11-12H,10H2,1H3,(H,23,24)(H,25,26). The van der Waals surface area contributed by atoms with Crippen molar-refractivity contribution in [2.75, 3.05) is 10.6 Å². The molecule has 0 atom stereocenters. The van der Waals surface area contributed by atoms with Gasteiger partial charge in [0.05, 0.1) is 18.3 Å². The van der Waals surface area contributed by atoms with E-state index in [1.54, 1.807) is 30.5 Å². The van der Waals surface area contributed by atoms with Gasteiger partial charge in [-0.3, -0.25) is 4.79 Å². The van der Waals surface area contributed by atoms with E-state index < -0.39 is 0 Å². The van der Waals surface area contributed by atoms with Crippen LogP contribution in [-0.2, 0) is 11.2 Å². The van der Waals surface area contributed by atoms with Crippen molar-refractivity contribution < 1.29 is 4.79 Å². The number of anilines is 3. The van der Waals surface area contributed by atoms with Gasteiger partial charge in [-0.1, -0.05) is 41.4 Å². The first-order chi connectivity index (χ1) is 12.5. The molecule has 0 unspecified atom stereocenters. The number of nitrogens with zero attached hydrogens (tertiary/aromatic N) is 1. The fourth-order valence-electron chi connectivity index (χ4n) is 2.35. The lowest BCUT2D eigenvalue weighted by Crippen LogP contribution is -2.14. The highest BCUT2D eigenvalue weighted by Crippen LogP contribution is 2.23. The topological polar surface area (TPSA) is 54.0 Å². The van der Waals surface area contributed by atoms with Crippen LogP contribution in [0.15, 0.2) is 60.8 Å². The van der Waals surface area contributed by atoms with Gasteiger partial charge in [-0.25, -0.2) is 4.98 Å². The fraction of sp³-hybridized carbons (Fsp3) is 0.100. The number of aryl methyl sites for hydroxylation is 1. The van der Waals surface area contributed by atoms with Gasteiger partial charge >= 0.3 is 0 Å². The first kappa shape index (κ1) is 18.2. The molecule has 1 aromatic heterocycles. The lowest BCUT2D eigenvalue weighted by atomic mass is 10.1. The first-order valence-corrected chi connectivity index (χ1v) is 8.79. The van der Waals surface area contributed by atoms with E-state index in [0.29, 0.717) is 21.6 Å². The van der Waals surface area contributed by atoms with Gasteiger partial charge in [0, 0.05) is 15.7 Å². The molecule has 0 radical (unpaired) electrons. The molecule has 0 aliphatic heterocycles. The van der Waals surface area contributed by atoms with Crippen molar-refractivity contribution in [1.29, 1.82) is 0 Å². The molecule has 4 nitrogen and oxygen atoms in total. The second-order valence-electron chi connectivity index (χ2n) is 5.87. The molecule has 1 amide bonds. The highest BCUT2D eigenvalue weighted by atomic mass is 35.5. The number of amides is 1. The van der Waals surface area contributed by atoms with Gasteiger partial charge in [-0.05, 0) is 54.4 Å². The molecular weight excluding hydrogens is 369 g/mol. The van der Waals surface area contributed by atoms with Crippen LogP contribution in [0, 0.1) is 6.92 Å². The van der Waals surface area contributed by atoms with E-state index in [-0.39, 0.29) is 12.3 Å². The van der Waals surface area contributed by atoms with Gasteiger partial charge in [-0.2, -0.15) is 0 Å². The summed E-state index contributed by atoms with van der Waals surface area (Å²) in [6, 6.07) is 16.5. The summed E-state index contributed by atoms with van der Waals surface area (Å²) in [5, 5.41) is 7.35. The summed E-state index contributed by atoms with van der Waals surface area (Å²) in [5.74, 6) is 0.556. The highest BCUT2D eigenvalue weighted by Gasteiger charge is 2.05. The Bertz CT molecular complexity index is 909. The predicted octanol–water partition coefficient (Wildman–Crippen LogP) is 5.62. The molecule has 132 valence electrons. The number of pyridine rings is 1. The van der Waals surface area contributed by atoms with Gasteiger partial charge < -0.3 is 10.6 Å². The second-order valence-corrected chi connectivity index (χ2v) is 6.72. The molecule has 0 saturated heterocycles. The lowest BCUT2D eigenvalue weighted by molar-refractivity contribution is -0.115. The molecule has 3 rings (SSSR count). The van der Waals surface area contributed by atoms with Gasteiger partial charge in [0.1, 0.15) is 5.82 Å². The van der Waals surface area contributed by atoms with Crippen molar-refractivity contribution in [3.05, 3.63) is 82.0 Å². The molecule has 26 heavy (non-hydrogen) atoms. The molecule has 0 saturated carbocycles. The van der Waals surface area contributed by atoms with Gasteiger partial charge in [-0.15, -0.1) is 0 Å². The number of carbonyl (C=O) groups excluding carboxylic acids is 1. The van der Waals surface area contributed by atoms with Crippen LogP contribution in [0.1, 0.15) is 11.1 Å². The first-order valence-electron chi connectivity index (χ1n) is 8.03. The molecule has 1 heterocycles. The van der Waals surface area contributed by atoms with E-state index >= 15 is 0 Å². The third-order valence-corrected chi connectivity index (χ3v) is 4.43. The van der Waals surface area contributed by atoms with E-state index in [1.807, 2.05) is 37.3 Å². The number of nitrogens with one attached hydrogen (secondary N) is 2. The minimum atomic E-state index is -0.111. The summed E-state index contributed by atoms with van der Waals surface area (Å²) in [5.41, 5.74) is 3.40. The van der Waals surface area contributed by atoms with E-state index in [2.05, 4.69) is 15.6 Å². The van der Waals surface area contributed by atoms with Crippen LogP contribution < -0.4 is 10.6 Å². The van der Waals surface area contributed by atoms with Gasteiger partial charge in [0.15, 0.2) is 0 Å². The van der Waals surface area contributed by atoms with E-state index in [9.17, 15) is 4.79 Å². The monoisotopic (exact) mass is 385 g/mol. The van der Waals surface area contributed by atoms with Crippen LogP contribution in [0.3, 0.4) is 0 Å². The van der Waals surface area contributed by atoms with E-state index in [0.717, 1.165) is 16.8 Å². The third-order valence-electron chi connectivity index (χ3n) is 3.77. The molecular formula is C20H17Cl2N3O. The Kier molecular flexibility index (Phi) is 5.76. The molecule has 2 aromatic carbocycles. The molecule has 0 spiro atoms. The maximum absolute atomic E-state index is 12.1. The molecule has 0 bridgehead atoms. The number of hydrogen-bond acceptors (Lipinski definition) is 3. The van der Waals surface area contributed by atoms with Crippen molar-refractivity contribution in [3.8, 4) is 0 Å². The molecule has 2 N–H and O–H groups in total. The van der Waals surface area contributed by atoms with Crippen molar-refractivity contribution in [3.63, 3.8) is 0 Å². The number of carbonyl (C=O) groups is 1. The Labute approximate surface area is 162 Å². The maximum atomic E-state index is 12.1. The smallest absolute Gasteiger partial charge is 0.228 e. The summed E-state index contributed by atoms with van der Waals surface area (Å²) in [4.78, 5) is 16.4. The Morgan fingerprint density at radius 2 is 1.73 bits per heavy atom. The van der Waals surface area contributed by atoms with Crippen molar-refractivity contribution in [1.82, 2.24) is 4.98 Å². The van der Waals surface area contributed by atoms with Crippen molar-refractivity contribution in [2.24, 2.45) is 0 Å². The lowest BCUT2D eigenvalue weighted by Gasteiger charge is -2.09. The molecule has 0 fully saturated rings. The zero-order valence-electron chi connectivity index (χ0n) is 14.1. The normalized spacial score (nSPS) is 10.4. The largest absolute Gasteiger partial charge is 0.340 e. The number of hydrogen-bond donors (Lipinski definition) is 2. The molecule has 6 heteroatoms. The molecule has 3 aromatic rings. The zero-order chi connectivity index (χ0) is 18.5. The quantitative estimate of drug-likeness (QED) is 0.598.